The van der Waals surface area contributed by atoms with Gasteiger partial charge in [-0.2, -0.15) is 0 Å². The van der Waals surface area contributed by atoms with E-state index in [2.05, 4.69) is 20.2 Å². The smallest absolute Gasteiger partial charge is 0.269 e. The van der Waals surface area contributed by atoms with Crippen molar-refractivity contribution in [3.05, 3.63) is 76.3 Å². The third-order valence-electron chi connectivity index (χ3n) is 3.85. The number of non-ortho nitro benzene ring substituents is 1. The molecule has 2 N–H and O–H groups in total. The number of rotatable bonds is 7. The normalized spacial score (nSPS) is 10.8. The molecule has 0 saturated heterocycles. The fourth-order valence-corrected chi connectivity index (χ4v) is 3.33. The quantitative estimate of drug-likeness (QED) is 0.429. The zero-order valence-corrected chi connectivity index (χ0v) is 16.3. The number of nitrogens with one attached hydrogen (secondary N) is 2. The molecule has 0 fully saturated rings. The van der Waals surface area contributed by atoms with Crippen LogP contribution in [0.1, 0.15) is 10.4 Å². The van der Waals surface area contributed by atoms with E-state index in [1.807, 2.05) is 0 Å². The van der Waals surface area contributed by atoms with Crippen LogP contribution >= 0.6 is 0 Å². The van der Waals surface area contributed by atoms with Crippen molar-refractivity contribution < 1.29 is 22.9 Å². The number of amides is 1. The van der Waals surface area contributed by atoms with Gasteiger partial charge in [-0.3, -0.25) is 19.6 Å². The predicted octanol–water partition coefficient (Wildman–Crippen LogP) is 2.45. The minimum absolute atomic E-state index is 0.0198. The van der Waals surface area contributed by atoms with Crippen molar-refractivity contribution in [3.8, 4) is 5.88 Å². The average Bonchev–Trinajstić information content (AvgIpc) is 2.74. The molecule has 0 aliphatic heterocycles. The lowest BCUT2D eigenvalue weighted by Crippen LogP contribution is -2.15. The molecular weight excluding hydrogens is 414 g/mol. The van der Waals surface area contributed by atoms with Gasteiger partial charge < -0.3 is 10.1 Å². The van der Waals surface area contributed by atoms with Gasteiger partial charge >= 0.3 is 0 Å². The summed E-state index contributed by atoms with van der Waals surface area (Å²) in [5.74, 6) is -0.232. The summed E-state index contributed by atoms with van der Waals surface area (Å²) in [5.41, 5.74) is 0.439. The van der Waals surface area contributed by atoms with Crippen LogP contribution in [0.2, 0.25) is 0 Å². The molecule has 1 amide bonds. The third-order valence-corrected chi connectivity index (χ3v) is 5.22. The number of nitro groups is 1. The molecule has 30 heavy (non-hydrogen) atoms. The summed E-state index contributed by atoms with van der Waals surface area (Å²) in [7, 11) is -2.50. The van der Waals surface area contributed by atoms with Gasteiger partial charge in [0, 0.05) is 29.4 Å². The largest absolute Gasteiger partial charge is 0.480 e. The molecule has 2 aromatic carbocycles. The number of nitrogens with zero attached hydrogens (tertiary/aromatic N) is 3. The van der Waals surface area contributed by atoms with Crippen molar-refractivity contribution in [2.24, 2.45) is 0 Å². The number of carbonyl (C=O) groups is 1. The molecule has 3 aromatic rings. The summed E-state index contributed by atoms with van der Waals surface area (Å²) < 4.78 is 32.0. The number of ether oxygens (including phenoxy) is 1. The molecule has 11 nitrogen and oxygen atoms in total. The van der Waals surface area contributed by atoms with E-state index in [1.54, 1.807) is 0 Å². The monoisotopic (exact) mass is 429 g/mol. The SMILES string of the molecule is COc1ccc(NS(=O)(=O)c2ccc(NC(=O)c3ccc([N+](=O)[O-])cc3)cc2)nn1. The Morgan fingerprint density at radius 2 is 1.67 bits per heavy atom. The lowest BCUT2D eigenvalue weighted by Gasteiger charge is -2.09. The first kappa shape index (κ1) is 20.7. The van der Waals surface area contributed by atoms with E-state index in [0.29, 0.717) is 5.69 Å². The maximum absolute atomic E-state index is 12.4. The lowest BCUT2D eigenvalue weighted by molar-refractivity contribution is -0.384. The number of benzene rings is 2. The Labute approximate surface area is 170 Å². The molecule has 0 saturated carbocycles. The topological polar surface area (TPSA) is 153 Å². The summed E-state index contributed by atoms with van der Waals surface area (Å²) in [6.07, 6.45) is 0. The van der Waals surface area contributed by atoms with E-state index in [4.69, 9.17) is 4.74 Å². The Kier molecular flexibility index (Phi) is 5.88. The van der Waals surface area contributed by atoms with Crippen molar-refractivity contribution >= 4 is 33.1 Å². The van der Waals surface area contributed by atoms with Crippen LogP contribution in [-0.4, -0.2) is 36.6 Å². The number of nitro benzene ring substituents is 1. The highest BCUT2D eigenvalue weighted by Gasteiger charge is 2.16. The molecule has 154 valence electrons. The Bertz CT molecular complexity index is 1160. The van der Waals surface area contributed by atoms with Crippen LogP contribution in [0.5, 0.6) is 5.88 Å². The van der Waals surface area contributed by atoms with Crippen LogP contribution in [0.25, 0.3) is 0 Å². The van der Waals surface area contributed by atoms with Crippen molar-refractivity contribution in [1.29, 1.82) is 0 Å². The van der Waals surface area contributed by atoms with Gasteiger partial charge in [-0.05, 0) is 42.5 Å². The van der Waals surface area contributed by atoms with Gasteiger partial charge in [-0.25, -0.2) is 8.42 Å². The van der Waals surface area contributed by atoms with E-state index in [1.165, 1.54) is 67.8 Å². The first-order chi connectivity index (χ1) is 14.3. The highest BCUT2D eigenvalue weighted by Crippen LogP contribution is 2.19. The first-order valence-corrected chi connectivity index (χ1v) is 9.83. The maximum Gasteiger partial charge on any atom is 0.269 e. The van der Waals surface area contributed by atoms with Crippen LogP contribution in [0.3, 0.4) is 0 Å². The number of methoxy groups -OCH3 is 1. The molecule has 1 heterocycles. The van der Waals surface area contributed by atoms with E-state index < -0.39 is 20.9 Å². The summed E-state index contributed by atoms with van der Waals surface area (Å²) in [5, 5.41) is 20.6. The van der Waals surface area contributed by atoms with Crippen molar-refractivity contribution in [2.45, 2.75) is 4.90 Å². The van der Waals surface area contributed by atoms with Crippen molar-refractivity contribution in [3.63, 3.8) is 0 Å². The molecule has 0 spiro atoms. The third kappa shape index (κ3) is 4.86. The Balaban J connectivity index is 1.68. The summed E-state index contributed by atoms with van der Waals surface area (Å²) in [4.78, 5) is 22.3. The van der Waals surface area contributed by atoms with Crippen LogP contribution in [0.15, 0.2) is 65.6 Å². The molecule has 1 aromatic heterocycles. The zero-order chi connectivity index (χ0) is 21.7. The predicted molar refractivity (Wildman–Crippen MR) is 107 cm³/mol. The summed E-state index contributed by atoms with van der Waals surface area (Å²) >= 11 is 0. The zero-order valence-electron chi connectivity index (χ0n) is 15.5. The first-order valence-electron chi connectivity index (χ1n) is 8.35. The standard InChI is InChI=1S/C18H15N5O6S/c1-29-17-11-10-16(20-21-17)22-30(27,28)15-8-4-13(5-9-15)19-18(24)12-2-6-14(7-3-12)23(25)26/h2-11H,1H3,(H,19,24)(H,20,22). The second-order valence-electron chi connectivity index (χ2n) is 5.85. The summed E-state index contributed by atoms with van der Waals surface area (Å²) in [6, 6.07) is 13.4. The number of aromatic nitrogens is 2. The number of sulfonamides is 1. The second-order valence-corrected chi connectivity index (χ2v) is 7.53. The molecule has 0 atom stereocenters. The Hall–Kier alpha value is -4.06. The molecule has 0 aliphatic carbocycles. The molecule has 12 heteroatoms. The van der Waals surface area contributed by atoms with E-state index in [0.717, 1.165) is 0 Å². The number of carbonyl (C=O) groups excluding carboxylic acids is 1. The van der Waals surface area contributed by atoms with Gasteiger partial charge in [0.2, 0.25) is 5.88 Å². The fourth-order valence-electron chi connectivity index (χ4n) is 2.34. The molecule has 0 unspecified atom stereocenters. The number of hydrogen-bond acceptors (Lipinski definition) is 8. The number of anilines is 2. The second kappa shape index (κ2) is 8.53. The Morgan fingerprint density at radius 3 is 2.20 bits per heavy atom. The van der Waals surface area contributed by atoms with Crippen molar-refractivity contribution in [2.75, 3.05) is 17.1 Å². The molecule has 0 aliphatic rings. The van der Waals surface area contributed by atoms with Crippen LogP contribution in [0.4, 0.5) is 17.2 Å². The lowest BCUT2D eigenvalue weighted by atomic mass is 10.2. The summed E-state index contributed by atoms with van der Waals surface area (Å²) in [6.45, 7) is 0. The highest BCUT2D eigenvalue weighted by molar-refractivity contribution is 7.92. The highest BCUT2D eigenvalue weighted by atomic mass is 32.2. The minimum atomic E-state index is -3.91. The maximum atomic E-state index is 12.4. The Morgan fingerprint density at radius 1 is 1.00 bits per heavy atom. The molecule has 0 radical (unpaired) electrons. The van der Waals surface area contributed by atoms with Gasteiger partial charge in [0.1, 0.15) is 0 Å². The van der Waals surface area contributed by atoms with E-state index >= 15 is 0 Å². The van der Waals surface area contributed by atoms with Gasteiger partial charge in [-0.1, -0.05) is 0 Å². The van der Waals surface area contributed by atoms with E-state index in [-0.39, 0.29) is 27.8 Å². The van der Waals surface area contributed by atoms with Gasteiger partial charge in [-0.15, -0.1) is 10.2 Å². The van der Waals surface area contributed by atoms with Crippen LogP contribution in [-0.2, 0) is 10.0 Å². The van der Waals surface area contributed by atoms with Gasteiger partial charge in [0.25, 0.3) is 21.6 Å². The molecule has 3 rings (SSSR count). The van der Waals surface area contributed by atoms with Gasteiger partial charge in [0.05, 0.1) is 16.9 Å². The van der Waals surface area contributed by atoms with Crippen LogP contribution < -0.4 is 14.8 Å². The van der Waals surface area contributed by atoms with Crippen LogP contribution in [0, 0.1) is 10.1 Å². The average molecular weight is 429 g/mol. The number of hydrogen-bond donors (Lipinski definition) is 2. The van der Waals surface area contributed by atoms with E-state index in [9.17, 15) is 23.3 Å². The van der Waals surface area contributed by atoms with Crippen molar-refractivity contribution in [1.82, 2.24) is 10.2 Å². The minimum Gasteiger partial charge on any atom is -0.480 e. The van der Waals surface area contributed by atoms with Gasteiger partial charge in [0.15, 0.2) is 5.82 Å². The fraction of sp³-hybridized carbons (Fsp3) is 0.0556. The molecule has 0 bridgehead atoms. The molecular formula is C18H15N5O6S.